The summed E-state index contributed by atoms with van der Waals surface area (Å²) in [6.07, 6.45) is -2.50. The number of imide groups is 1. The Bertz CT molecular complexity index is 1090. The van der Waals surface area contributed by atoms with E-state index in [1.807, 2.05) is 30.3 Å². The summed E-state index contributed by atoms with van der Waals surface area (Å²) in [6, 6.07) is 14.4. The third-order valence-electron chi connectivity index (χ3n) is 5.40. The molecule has 2 aliphatic rings. The number of rotatable bonds is 6. The van der Waals surface area contributed by atoms with Gasteiger partial charge in [0.1, 0.15) is 0 Å². The fraction of sp³-hybridized carbons (Fsp3) is 0.261. The molecule has 32 heavy (non-hydrogen) atoms. The van der Waals surface area contributed by atoms with Crippen molar-refractivity contribution in [3.05, 3.63) is 76.2 Å². The van der Waals surface area contributed by atoms with Gasteiger partial charge in [-0.15, -0.1) is 0 Å². The summed E-state index contributed by atoms with van der Waals surface area (Å²) < 4.78 is 39.6. The van der Waals surface area contributed by atoms with Gasteiger partial charge in [0.15, 0.2) is 0 Å². The predicted octanol–water partition coefficient (Wildman–Crippen LogP) is 4.66. The van der Waals surface area contributed by atoms with E-state index in [1.165, 1.54) is 18.2 Å². The average Bonchev–Trinajstić information content (AvgIpc) is 3.52. The van der Waals surface area contributed by atoms with Gasteiger partial charge < -0.3 is 5.32 Å². The normalized spacial score (nSPS) is 21.8. The molecule has 0 radical (unpaired) electrons. The highest BCUT2D eigenvalue weighted by Gasteiger charge is 2.47. The predicted molar refractivity (Wildman–Crippen MR) is 114 cm³/mol. The Morgan fingerprint density at radius 2 is 1.78 bits per heavy atom. The molecule has 1 aliphatic heterocycles. The van der Waals surface area contributed by atoms with E-state index in [0.717, 1.165) is 28.3 Å². The number of nitrogens with zero attached hydrogens (tertiary/aromatic N) is 1. The summed E-state index contributed by atoms with van der Waals surface area (Å²) in [5.74, 6) is -1.84. The van der Waals surface area contributed by atoms with Gasteiger partial charge in [-0.3, -0.25) is 19.3 Å². The third kappa shape index (κ3) is 4.72. The van der Waals surface area contributed by atoms with Crippen molar-refractivity contribution in [3.63, 3.8) is 0 Å². The molecule has 2 aromatic rings. The lowest BCUT2D eigenvalue weighted by atomic mass is 10.0. The highest BCUT2D eigenvalue weighted by atomic mass is 32.2. The Kier molecular flexibility index (Phi) is 6.10. The fourth-order valence-electron chi connectivity index (χ4n) is 3.72. The van der Waals surface area contributed by atoms with E-state index in [-0.39, 0.29) is 24.6 Å². The Morgan fingerprint density at radius 3 is 2.50 bits per heavy atom. The monoisotopic (exact) mass is 460 g/mol. The number of thioether (sulfide) groups is 1. The smallest absolute Gasteiger partial charge is 0.354 e. The molecule has 2 unspecified atom stereocenters. The van der Waals surface area contributed by atoms with Crippen LogP contribution in [-0.2, 0) is 15.8 Å². The minimum absolute atomic E-state index is 0.000931. The van der Waals surface area contributed by atoms with E-state index >= 15 is 0 Å². The zero-order chi connectivity index (χ0) is 22.9. The minimum Gasteiger partial charge on any atom is -0.354 e. The van der Waals surface area contributed by atoms with Crippen LogP contribution in [0.3, 0.4) is 0 Å². The second-order valence-corrected chi connectivity index (χ2v) is 8.56. The van der Waals surface area contributed by atoms with Crippen molar-refractivity contribution in [2.45, 2.75) is 18.5 Å². The Balaban J connectivity index is 1.31. The molecule has 1 N–H and O–H groups in total. The van der Waals surface area contributed by atoms with Gasteiger partial charge in [-0.2, -0.15) is 13.2 Å². The van der Waals surface area contributed by atoms with Crippen molar-refractivity contribution in [2.75, 3.05) is 13.1 Å². The largest absolute Gasteiger partial charge is 0.416 e. The van der Waals surface area contributed by atoms with Gasteiger partial charge in [0, 0.05) is 19.0 Å². The standard InChI is InChI=1S/C23H19F3N2O3S/c24-23(25,26)18-9-5-4-8-15(18)16-13-17(16)20(29)27-10-11-28-21(30)19(32-22(28)31)12-14-6-2-1-3-7-14/h1-9,12,16-17H,10-11,13H2,(H,27,29)/b19-12-. The second kappa shape index (κ2) is 8.82. The lowest BCUT2D eigenvalue weighted by Gasteiger charge is -2.14. The van der Waals surface area contributed by atoms with E-state index in [0.29, 0.717) is 11.3 Å². The summed E-state index contributed by atoms with van der Waals surface area (Å²) in [7, 11) is 0. The molecule has 5 nitrogen and oxygen atoms in total. The van der Waals surface area contributed by atoms with Crippen LogP contribution in [0, 0.1) is 5.92 Å². The number of nitrogens with one attached hydrogen (secondary N) is 1. The van der Waals surface area contributed by atoms with E-state index in [4.69, 9.17) is 0 Å². The van der Waals surface area contributed by atoms with Crippen molar-refractivity contribution in [3.8, 4) is 0 Å². The molecule has 166 valence electrons. The van der Waals surface area contributed by atoms with Crippen molar-refractivity contribution in [1.29, 1.82) is 0 Å². The number of amides is 3. The van der Waals surface area contributed by atoms with Crippen LogP contribution in [0.2, 0.25) is 0 Å². The molecule has 4 rings (SSSR count). The topological polar surface area (TPSA) is 66.5 Å². The number of carbonyl (C=O) groups is 3. The molecule has 2 aromatic carbocycles. The SMILES string of the molecule is O=C(NCCN1C(=O)S/C(=C\c2ccccc2)C1=O)C1CC1c1ccccc1C(F)(F)F. The molecule has 1 saturated heterocycles. The van der Waals surface area contributed by atoms with Crippen LogP contribution in [0.1, 0.15) is 29.0 Å². The second-order valence-electron chi connectivity index (χ2n) is 7.57. The van der Waals surface area contributed by atoms with Gasteiger partial charge in [0.05, 0.1) is 10.5 Å². The molecule has 3 amide bonds. The zero-order valence-corrected chi connectivity index (χ0v) is 17.6. The Morgan fingerprint density at radius 1 is 1.09 bits per heavy atom. The number of hydrogen-bond acceptors (Lipinski definition) is 4. The first-order valence-electron chi connectivity index (χ1n) is 10.00. The molecule has 1 aliphatic carbocycles. The fourth-order valence-corrected chi connectivity index (χ4v) is 4.59. The molecule has 0 aromatic heterocycles. The van der Waals surface area contributed by atoms with Gasteiger partial charge in [0.25, 0.3) is 11.1 Å². The van der Waals surface area contributed by atoms with Gasteiger partial charge in [-0.1, -0.05) is 48.5 Å². The number of alkyl halides is 3. The lowest BCUT2D eigenvalue weighted by Crippen LogP contribution is -2.37. The van der Waals surface area contributed by atoms with Crippen LogP contribution in [-0.4, -0.2) is 35.0 Å². The van der Waals surface area contributed by atoms with Gasteiger partial charge in [0.2, 0.25) is 5.91 Å². The van der Waals surface area contributed by atoms with Crippen LogP contribution in [0.25, 0.3) is 6.08 Å². The number of carbonyl (C=O) groups excluding carboxylic acids is 3. The summed E-state index contributed by atoms with van der Waals surface area (Å²) in [5.41, 5.74) is 0.200. The lowest BCUT2D eigenvalue weighted by molar-refractivity contribution is -0.138. The molecule has 1 saturated carbocycles. The molecular weight excluding hydrogens is 441 g/mol. The van der Waals surface area contributed by atoms with Gasteiger partial charge in [-0.05, 0) is 47.4 Å². The van der Waals surface area contributed by atoms with E-state index < -0.39 is 34.7 Å². The molecule has 0 bridgehead atoms. The summed E-state index contributed by atoms with van der Waals surface area (Å²) in [4.78, 5) is 38.4. The molecule has 2 atom stereocenters. The van der Waals surface area contributed by atoms with Crippen molar-refractivity contribution >= 4 is 34.9 Å². The van der Waals surface area contributed by atoms with Crippen LogP contribution in [0.15, 0.2) is 59.5 Å². The first-order chi connectivity index (χ1) is 15.3. The number of hydrogen-bond donors (Lipinski definition) is 1. The molecule has 0 spiro atoms. The first-order valence-corrected chi connectivity index (χ1v) is 10.8. The van der Waals surface area contributed by atoms with E-state index in [9.17, 15) is 27.6 Å². The highest BCUT2D eigenvalue weighted by molar-refractivity contribution is 8.18. The van der Waals surface area contributed by atoms with Crippen LogP contribution >= 0.6 is 11.8 Å². The van der Waals surface area contributed by atoms with Gasteiger partial charge in [-0.25, -0.2) is 0 Å². The Hall–Kier alpha value is -3.07. The maximum Gasteiger partial charge on any atom is 0.416 e. The summed E-state index contributed by atoms with van der Waals surface area (Å²) >= 11 is 0.835. The number of halogens is 3. The zero-order valence-electron chi connectivity index (χ0n) is 16.8. The van der Waals surface area contributed by atoms with Crippen LogP contribution in [0.5, 0.6) is 0 Å². The maximum absolute atomic E-state index is 13.2. The first kappa shape index (κ1) is 22.1. The highest BCUT2D eigenvalue weighted by Crippen LogP contribution is 2.51. The minimum atomic E-state index is -4.47. The maximum atomic E-state index is 13.2. The van der Waals surface area contributed by atoms with Crippen LogP contribution in [0.4, 0.5) is 18.0 Å². The molecule has 1 heterocycles. The van der Waals surface area contributed by atoms with E-state index in [1.54, 1.807) is 6.08 Å². The summed E-state index contributed by atoms with van der Waals surface area (Å²) in [5, 5.41) is 2.22. The third-order valence-corrected chi connectivity index (χ3v) is 6.31. The average molecular weight is 460 g/mol. The number of benzene rings is 2. The van der Waals surface area contributed by atoms with Gasteiger partial charge >= 0.3 is 6.18 Å². The Labute approximate surface area is 186 Å². The van der Waals surface area contributed by atoms with Crippen LogP contribution < -0.4 is 5.32 Å². The van der Waals surface area contributed by atoms with Crippen molar-refractivity contribution < 1.29 is 27.6 Å². The van der Waals surface area contributed by atoms with Crippen molar-refractivity contribution in [2.24, 2.45) is 5.92 Å². The van der Waals surface area contributed by atoms with E-state index in [2.05, 4.69) is 5.32 Å². The molecular formula is C23H19F3N2O3S. The summed E-state index contributed by atoms with van der Waals surface area (Å²) in [6.45, 7) is 0.0404. The quantitative estimate of drug-likeness (QED) is 0.637. The molecule has 9 heteroatoms. The van der Waals surface area contributed by atoms with Crippen molar-refractivity contribution in [1.82, 2.24) is 10.2 Å². The molecule has 2 fully saturated rings.